The zero-order valence-corrected chi connectivity index (χ0v) is 10.5. The van der Waals surface area contributed by atoms with Gasteiger partial charge in [-0.05, 0) is 39.5 Å². The molecule has 0 heterocycles. The van der Waals surface area contributed by atoms with Crippen LogP contribution in [-0.2, 0) is 4.74 Å². The summed E-state index contributed by atoms with van der Waals surface area (Å²) in [6.07, 6.45) is -0.706. The number of alkyl carbamates (subject to hydrolysis) is 1. The minimum atomic E-state index is -4.27. The number of carbonyl (C=O) groups excluding carboxylic acids is 1. The van der Waals surface area contributed by atoms with Gasteiger partial charge in [0.25, 0.3) is 0 Å². The molecule has 1 amide bonds. The third-order valence-corrected chi connectivity index (χ3v) is 2.25. The van der Waals surface area contributed by atoms with Gasteiger partial charge in [-0.3, -0.25) is 0 Å². The van der Waals surface area contributed by atoms with Gasteiger partial charge in [-0.1, -0.05) is 0 Å². The van der Waals surface area contributed by atoms with Crippen LogP contribution in [0.4, 0.5) is 18.0 Å². The Morgan fingerprint density at radius 2 is 1.88 bits per heavy atom. The summed E-state index contributed by atoms with van der Waals surface area (Å²) in [6, 6.07) is -0.596. The Kier molecular flexibility index (Phi) is 5.44. The van der Waals surface area contributed by atoms with Crippen LogP contribution in [0, 0.1) is 0 Å². The number of rotatable bonds is 3. The van der Waals surface area contributed by atoms with Gasteiger partial charge in [-0.25, -0.2) is 4.79 Å². The molecule has 0 rings (SSSR count). The van der Waals surface area contributed by atoms with Crippen LogP contribution in [0.15, 0.2) is 0 Å². The zero-order chi connectivity index (χ0) is 13.0. The van der Waals surface area contributed by atoms with Gasteiger partial charge in [0.15, 0.2) is 0 Å². The number of nitrogens with one attached hydrogen (secondary N) is 1. The second-order valence-electron chi connectivity index (χ2n) is 4.30. The van der Waals surface area contributed by atoms with Crippen molar-refractivity contribution in [3.63, 3.8) is 0 Å². The Morgan fingerprint density at radius 1 is 1.38 bits per heavy atom. The van der Waals surface area contributed by atoms with E-state index >= 15 is 0 Å². The van der Waals surface area contributed by atoms with Gasteiger partial charge in [0.05, 0.1) is 0 Å². The van der Waals surface area contributed by atoms with Crippen molar-refractivity contribution in [2.45, 2.75) is 44.8 Å². The molecule has 0 aliphatic rings. The molecule has 0 fully saturated rings. The molecular formula is C9H16F3NO2S. The molecule has 1 atom stereocenters. The maximum Gasteiger partial charge on any atom is 0.441 e. The van der Waals surface area contributed by atoms with E-state index in [2.05, 4.69) is 5.32 Å². The predicted octanol–water partition coefficient (Wildman–Crippen LogP) is 3.15. The first kappa shape index (κ1) is 15.4. The summed E-state index contributed by atoms with van der Waals surface area (Å²) >= 11 is -0.169. The highest BCUT2D eigenvalue weighted by atomic mass is 32.2. The number of amides is 1. The van der Waals surface area contributed by atoms with Gasteiger partial charge in [0.2, 0.25) is 0 Å². The van der Waals surface area contributed by atoms with Crippen LogP contribution in [0.25, 0.3) is 0 Å². The Morgan fingerprint density at radius 3 is 2.25 bits per heavy atom. The Bertz CT molecular complexity index is 238. The molecule has 0 radical (unpaired) electrons. The number of alkyl halides is 3. The number of carbonyl (C=O) groups is 1. The Labute approximate surface area is 97.1 Å². The minimum Gasteiger partial charge on any atom is -0.444 e. The average molecular weight is 259 g/mol. The molecule has 0 aromatic carbocycles. The minimum absolute atomic E-state index is 0.169. The highest BCUT2D eigenvalue weighted by Crippen LogP contribution is 2.30. The van der Waals surface area contributed by atoms with Crippen LogP contribution in [-0.4, -0.2) is 29.0 Å². The van der Waals surface area contributed by atoms with Crippen LogP contribution in [0.5, 0.6) is 0 Å². The zero-order valence-electron chi connectivity index (χ0n) is 9.64. The second kappa shape index (κ2) is 5.65. The quantitative estimate of drug-likeness (QED) is 0.846. The third-order valence-electron chi connectivity index (χ3n) is 1.26. The van der Waals surface area contributed by atoms with Crippen molar-refractivity contribution in [3.05, 3.63) is 0 Å². The number of hydrogen-bond donors (Lipinski definition) is 1. The van der Waals surface area contributed by atoms with E-state index in [4.69, 9.17) is 4.74 Å². The molecule has 0 aliphatic carbocycles. The molecule has 0 saturated carbocycles. The fourth-order valence-corrected chi connectivity index (χ4v) is 1.29. The lowest BCUT2D eigenvalue weighted by molar-refractivity contribution is -0.0329. The second-order valence-corrected chi connectivity index (χ2v) is 5.39. The first-order chi connectivity index (χ1) is 6.99. The van der Waals surface area contributed by atoms with Crippen molar-refractivity contribution < 1.29 is 22.7 Å². The normalized spacial score (nSPS) is 14.4. The highest BCUT2D eigenvalue weighted by Gasteiger charge is 2.29. The smallest absolute Gasteiger partial charge is 0.441 e. The third kappa shape index (κ3) is 9.95. The summed E-state index contributed by atoms with van der Waals surface area (Å²) < 4.78 is 40.4. The largest absolute Gasteiger partial charge is 0.444 e. The molecule has 96 valence electrons. The molecule has 7 heteroatoms. The summed E-state index contributed by atoms with van der Waals surface area (Å²) in [6.45, 7) is 6.54. The molecule has 0 aromatic rings. The number of thioether (sulfide) groups is 1. The van der Waals surface area contributed by atoms with Crippen molar-refractivity contribution in [3.8, 4) is 0 Å². The van der Waals surface area contributed by atoms with Crippen molar-refractivity contribution in [2.75, 3.05) is 5.75 Å². The van der Waals surface area contributed by atoms with Gasteiger partial charge in [-0.2, -0.15) is 13.2 Å². The molecule has 0 aromatic heterocycles. The standard InChI is InChI=1S/C9H16F3NO2S/c1-6(5-16-9(10,11)12)13-7(14)15-8(2,3)4/h6H,5H2,1-4H3,(H,13,14). The lowest BCUT2D eigenvalue weighted by Crippen LogP contribution is -2.39. The van der Waals surface area contributed by atoms with Crippen LogP contribution in [0.2, 0.25) is 0 Å². The Hall–Kier alpha value is -0.590. The predicted molar refractivity (Wildman–Crippen MR) is 57.3 cm³/mol. The van der Waals surface area contributed by atoms with Crippen molar-refractivity contribution >= 4 is 17.9 Å². The summed E-state index contributed by atoms with van der Waals surface area (Å²) in [4.78, 5) is 11.2. The van der Waals surface area contributed by atoms with Crippen LogP contribution in [0.1, 0.15) is 27.7 Å². The lowest BCUT2D eigenvalue weighted by atomic mass is 10.2. The van der Waals surface area contributed by atoms with Crippen molar-refractivity contribution in [2.24, 2.45) is 0 Å². The summed E-state index contributed by atoms with van der Waals surface area (Å²) in [5.74, 6) is -0.233. The molecule has 0 spiro atoms. The first-order valence-electron chi connectivity index (χ1n) is 4.70. The fourth-order valence-electron chi connectivity index (χ4n) is 0.770. The summed E-state index contributed by atoms with van der Waals surface area (Å²) in [5, 5.41) is 2.33. The average Bonchev–Trinajstić information content (AvgIpc) is 1.95. The SMILES string of the molecule is CC(CSC(F)(F)F)NC(=O)OC(C)(C)C. The molecule has 0 saturated heterocycles. The van der Waals surface area contributed by atoms with E-state index in [1.807, 2.05) is 0 Å². The van der Waals surface area contributed by atoms with E-state index in [1.54, 1.807) is 20.8 Å². The Balaban J connectivity index is 3.88. The van der Waals surface area contributed by atoms with Gasteiger partial charge in [-0.15, -0.1) is 0 Å². The molecule has 0 aliphatic heterocycles. The molecule has 16 heavy (non-hydrogen) atoms. The molecular weight excluding hydrogens is 243 g/mol. The van der Waals surface area contributed by atoms with Gasteiger partial charge in [0.1, 0.15) is 5.60 Å². The number of halogens is 3. The summed E-state index contributed by atoms with van der Waals surface area (Å²) in [5.41, 5.74) is -4.93. The summed E-state index contributed by atoms with van der Waals surface area (Å²) in [7, 11) is 0. The van der Waals surface area contributed by atoms with Crippen LogP contribution < -0.4 is 5.32 Å². The first-order valence-corrected chi connectivity index (χ1v) is 5.68. The van der Waals surface area contributed by atoms with E-state index in [9.17, 15) is 18.0 Å². The highest BCUT2D eigenvalue weighted by molar-refractivity contribution is 8.00. The van der Waals surface area contributed by atoms with Crippen LogP contribution in [0.3, 0.4) is 0 Å². The lowest BCUT2D eigenvalue weighted by Gasteiger charge is -2.22. The molecule has 1 N–H and O–H groups in total. The van der Waals surface area contributed by atoms with E-state index in [0.717, 1.165) is 0 Å². The van der Waals surface area contributed by atoms with Gasteiger partial charge < -0.3 is 10.1 Å². The van der Waals surface area contributed by atoms with Gasteiger partial charge in [0, 0.05) is 11.8 Å². The molecule has 3 nitrogen and oxygen atoms in total. The fraction of sp³-hybridized carbons (Fsp3) is 0.889. The van der Waals surface area contributed by atoms with Gasteiger partial charge >= 0.3 is 11.6 Å². The van der Waals surface area contributed by atoms with E-state index in [-0.39, 0.29) is 17.5 Å². The van der Waals surface area contributed by atoms with Crippen molar-refractivity contribution in [1.82, 2.24) is 5.32 Å². The van der Waals surface area contributed by atoms with E-state index < -0.39 is 23.2 Å². The number of ether oxygens (including phenoxy) is 1. The van der Waals surface area contributed by atoms with E-state index in [1.165, 1.54) is 6.92 Å². The maximum atomic E-state index is 11.8. The maximum absolute atomic E-state index is 11.8. The van der Waals surface area contributed by atoms with Crippen LogP contribution >= 0.6 is 11.8 Å². The monoisotopic (exact) mass is 259 g/mol. The topological polar surface area (TPSA) is 38.3 Å². The van der Waals surface area contributed by atoms with Crippen molar-refractivity contribution in [1.29, 1.82) is 0 Å². The number of hydrogen-bond acceptors (Lipinski definition) is 3. The van der Waals surface area contributed by atoms with E-state index in [0.29, 0.717) is 0 Å². The molecule has 0 bridgehead atoms. The molecule has 1 unspecified atom stereocenters.